The van der Waals surface area contributed by atoms with Gasteiger partial charge in [-0.25, -0.2) is 9.37 Å². The number of aryl methyl sites for hydroxylation is 1. The van der Waals surface area contributed by atoms with Gasteiger partial charge < -0.3 is 10.3 Å². The number of anilines is 1. The van der Waals surface area contributed by atoms with E-state index in [9.17, 15) is 4.39 Å². The SMILES string of the molecule is Cc1ccc2c(c1)nc(N)n2C(C)Cc1ccc(F)cc1. The van der Waals surface area contributed by atoms with E-state index < -0.39 is 0 Å². The summed E-state index contributed by atoms with van der Waals surface area (Å²) < 4.78 is 15.0. The average molecular weight is 283 g/mol. The first-order chi connectivity index (χ1) is 10.0. The molecule has 21 heavy (non-hydrogen) atoms. The first-order valence-electron chi connectivity index (χ1n) is 7.03. The molecule has 3 rings (SSSR count). The second-order valence-corrected chi connectivity index (χ2v) is 5.51. The Morgan fingerprint density at radius 1 is 1.19 bits per heavy atom. The Morgan fingerprint density at radius 2 is 1.90 bits per heavy atom. The van der Waals surface area contributed by atoms with Crippen LogP contribution < -0.4 is 5.73 Å². The second kappa shape index (κ2) is 5.20. The number of rotatable bonds is 3. The lowest BCUT2D eigenvalue weighted by Crippen LogP contribution is -2.11. The number of benzene rings is 2. The smallest absolute Gasteiger partial charge is 0.201 e. The molecule has 1 unspecified atom stereocenters. The van der Waals surface area contributed by atoms with Crippen molar-refractivity contribution in [1.82, 2.24) is 9.55 Å². The number of halogens is 1. The molecule has 0 spiro atoms. The standard InChI is InChI=1S/C17H18FN3/c1-11-3-8-16-15(9-11)20-17(19)21(16)12(2)10-13-4-6-14(18)7-5-13/h3-9,12H,10H2,1-2H3,(H2,19,20). The molecule has 3 aromatic rings. The summed E-state index contributed by atoms with van der Waals surface area (Å²) >= 11 is 0. The molecule has 2 N–H and O–H groups in total. The second-order valence-electron chi connectivity index (χ2n) is 5.51. The minimum Gasteiger partial charge on any atom is -0.369 e. The van der Waals surface area contributed by atoms with Crippen LogP contribution in [0.15, 0.2) is 42.5 Å². The Hall–Kier alpha value is -2.36. The van der Waals surface area contributed by atoms with Gasteiger partial charge in [0.2, 0.25) is 5.95 Å². The van der Waals surface area contributed by atoms with Gasteiger partial charge >= 0.3 is 0 Å². The molecule has 1 atom stereocenters. The molecule has 1 aromatic heterocycles. The van der Waals surface area contributed by atoms with Crippen LogP contribution in [0, 0.1) is 12.7 Å². The zero-order valence-corrected chi connectivity index (χ0v) is 12.2. The van der Waals surface area contributed by atoms with Gasteiger partial charge in [0.1, 0.15) is 5.82 Å². The Morgan fingerprint density at radius 3 is 2.62 bits per heavy atom. The average Bonchev–Trinajstić information content (AvgIpc) is 2.76. The molecule has 0 bridgehead atoms. The fraction of sp³-hybridized carbons (Fsp3) is 0.235. The number of imidazole rings is 1. The zero-order valence-electron chi connectivity index (χ0n) is 12.2. The fourth-order valence-corrected chi connectivity index (χ4v) is 2.74. The molecule has 108 valence electrons. The van der Waals surface area contributed by atoms with Crippen molar-refractivity contribution in [3.63, 3.8) is 0 Å². The van der Waals surface area contributed by atoms with E-state index in [1.54, 1.807) is 0 Å². The number of fused-ring (bicyclic) bond motifs is 1. The van der Waals surface area contributed by atoms with Gasteiger partial charge in [0.15, 0.2) is 0 Å². The van der Waals surface area contributed by atoms with E-state index in [0.29, 0.717) is 5.95 Å². The lowest BCUT2D eigenvalue weighted by molar-refractivity contribution is 0.565. The van der Waals surface area contributed by atoms with Crippen LogP contribution in [0.5, 0.6) is 0 Å². The van der Waals surface area contributed by atoms with Crippen LogP contribution in [0.2, 0.25) is 0 Å². The molecule has 0 saturated carbocycles. The quantitative estimate of drug-likeness (QED) is 0.793. The van der Waals surface area contributed by atoms with Crippen molar-refractivity contribution in [3.8, 4) is 0 Å². The van der Waals surface area contributed by atoms with E-state index in [1.807, 2.05) is 29.7 Å². The third-order valence-corrected chi connectivity index (χ3v) is 3.76. The van der Waals surface area contributed by atoms with Crippen molar-refractivity contribution in [2.75, 3.05) is 5.73 Å². The van der Waals surface area contributed by atoms with Gasteiger partial charge in [0.25, 0.3) is 0 Å². The maximum absolute atomic E-state index is 13.0. The Labute approximate surface area is 123 Å². The summed E-state index contributed by atoms with van der Waals surface area (Å²) in [5.74, 6) is 0.305. The number of nitrogens with two attached hydrogens (primary N) is 1. The van der Waals surface area contributed by atoms with Gasteiger partial charge in [-0.2, -0.15) is 0 Å². The van der Waals surface area contributed by atoms with Crippen LogP contribution in [0.4, 0.5) is 10.3 Å². The van der Waals surface area contributed by atoms with E-state index in [1.165, 1.54) is 17.7 Å². The van der Waals surface area contributed by atoms with Gasteiger partial charge in [-0.3, -0.25) is 0 Å². The summed E-state index contributed by atoms with van der Waals surface area (Å²) in [6, 6.07) is 12.9. The maximum atomic E-state index is 13.0. The number of hydrogen-bond acceptors (Lipinski definition) is 2. The minimum atomic E-state index is -0.213. The number of aromatic nitrogens is 2. The molecule has 2 aromatic carbocycles. The molecule has 0 aliphatic rings. The summed E-state index contributed by atoms with van der Waals surface area (Å²) in [5.41, 5.74) is 10.3. The van der Waals surface area contributed by atoms with Crippen molar-refractivity contribution in [1.29, 1.82) is 0 Å². The molecule has 3 nitrogen and oxygen atoms in total. The third-order valence-electron chi connectivity index (χ3n) is 3.76. The van der Waals surface area contributed by atoms with E-state index >= 15 is 0 Å². The number of nitrogen functional groups attached to an aromatic ring is 1. The molecule has 1 heterocycles. The van der Waals surface area contributed by atoms with Crippen molar-refractivity contribution < 1.29 is 4.39 Å². The molecule has 0 saturated heterocycles. The monoisotopic (exact) mass is 283 g/mol. The molecule has 0 aliphatic carbocycles. The van der Waals surface area contributed by atoms with E-state index in [2.05, 4.69) is 24.0 Å². The Kier molecular flexibility index (Phi) is 3.37. The first kappa shape index (κ1) is 13.6. The molecule has 0 radical (unpaired) electrons. The minimum absolute atomic E-state index is 0.156. The van der Waals surface area contributed by atoms with Crippen molar-refractivity contribution in [2.24, 2.45) is 0 Å². The van der Waals surface area contributed by atoms with Gasteiger partial charge in [-0.1, -0.05) is 18.2 Å². The normalized spacial score (nSPS) is 12.7. The van der Waals surface area contributed by atoms with Crippen LogP contribution in [0.3, 0.4) is 0 Å². The first-order valence-corrected chi connectivity index (χ1v) is 7.03. The zero-order chi connectivity index (χ0) is 15.0. The highest BCUT2D eigenvalue weighted by atomic mass is 19.1. The van der Waals surface area contributed by atoms with Crippen molar-refractivity contribution in [3.05, 3.63) is 59.4 Å². The maximum Gasteiger partial charge on any atom is 0.201 e. The largest absolute Gasteiger partial charge is 0.369 e. The van der Waals surface area contributed by atoms with E-state index in [4.69, 9.17) is 5.73 Å². The van der Waals surface area contributed by atoms with Crippen LogP contribution in [0.25, 0.3) is 11.0 Å². The van der Waals surface area contributed by atoms with Gasteiger partial charge in [0, 0.05) is 6.04 Å². The summed E-state index contributed by atoms with van der Waals surface area (Å²) in [5, 5.41) is 0. The third kappa shape index (κ3) is 2.61. The molecule has 4 heteroatoms. The highest BCUT2D eigenvalue weighted by Crippen LogP contribution is 2.25. The predicted molar refractivity (Wildman–Crippen MR) is 83.7 cm³/mol. The number of hydrogen-bond donors (Lipinski definition) is 1. The lowest BCUT2D eigenvalue weighted by atomic mass is 10.1. The summed E-state index contributed by atoms with van der Waals surface area (Å²) in [6.45, 7) is 4.14. The highest BCUT2D eigenvalue weighted by molar-refractivity contribution is 5.79. The molecule has 0 aliphatic heterocycles. The van der Waals surface area contributed by atoms with Gasteiger partial charge in [0.05, 0.1) is 11.0 Å². The Balaban J connectivity index is 1.95. The van der Waals surface area contributed by atoms with Crippen molar-refractivity contribution >= 4 is 17.0 Å². The molecular weight excluding hydrogens is 265 g/mol. The molecule has 0 fully saturated rings. The molecule has 0 amide bonds. The van der Waals surface area contributed by atoms with Gasteiger partial charge in [-0.15, -0.1) is 0 Å². The van der Waals surface area contributed by atoms with E-state index in [-0.39, 0.29) is 11.9 Å². The summed E-state index contributed by atoms with van der Waals surface area (Å²) in [7, 11) is 0. The molecular formula is C17H18FN3. The van der Waals surface area contributed by atoms with Crippen LogP contribution in [-0.4, -0.2) is 9.55 Å². The summed E-state index contributed by atoms with van der Waals surface area (Å²) in [4.78, 5) is 4.43. The Bertz CT molecular complexity index is 775. The lowest BCUT2D eigenvalue weighted by Gasteiger charge is -2.16. The van der Waals surface area contributed by atoms with Crippen molar-refractivity contribution in [2.45, 2.75) is 26.3 Å². The number of nitrogens with zero attached hydrogens (tertiary/aromatic N) is 2. The van der Waals surface area contributed by atoms with Gasteiger partial charge in [-0.05, 0) is 55.7 Å². The highest BCUT2D eigenvalue weighted by Gasteiger charge is 2.14. The van der Waals surface area contributed by atoms with Crippen LogP contribution >= 0.6 is 0 Å². The van der Waals surface area contributed by atoms with Crippen LogP contribution in [-0.2, 0) is 6.42 Å². The summed E-state index contributed by atoms with van der Waals surface area (Å²) in [6.07, 6.45) is 0.782. The van der Waals surface area contributed by atoms with E-state index in [0.717, 1.165) is 23.0 Å². The topological polar surface area (TPSA) is 43.8 Å². The van der Waals surface area contributed by atoms with Crippen LogP contribution in [0.1, 0.15) is 24.1 Å². The predicted octanol–water partition coefficient (Wildman–Crippen LogP) is 3.87. The fourth-order valence-electron chi connectivity index (χ4n) is 2.74.